The van der Waals surface area contributed by atoms with E-state index in [-0.39, 0.29) is 18.5 Å². The number of rotatable bonds is 6. The van der Waals surface area contributed by atoms with Crippen LogP contribution in [0.4, 0.5) is 10.5 Å². The molecule has 20 heavy (non-hydrogen) atoms. The van der Waals surface area contributed by atoms with Crippen LogP contribution < -0.4 is 16.0 Å². The van der Waals surface area contributed by atoms with Crippen molar-refractivity contribution in [2.24, 2.45) is 0 Å². The third-order valence-corrected chi connectivity index (χ3v) is 2.54. The van der Waals surface area contributed by atoms with Crippen LogP contribution in [-0.2, 0) is 9.53 Å². The first-order valence-electron chi connectivity index (χ1n) is 6.41. The summed E-state index contributed by atoms with van der Waals surface area (Å²) >= 11 is 0. The molecule has 0 fully saturated rings. The standard InChI is InChI=1S/C14H21N3O3/c1-10-4-6-12(7-5-10)17-14(19)15-8-13(18)16-11(2)9-20-3/h4-7,11H,8-9H2,1-3H3,(H,16,18)(H2,15,17,19). The number of nitrogens with one attached hydrogen (secondary N) is 3. The predicted molar refractivity (Wildman–Crippen MR) is 77.7 cm³/mol. The Balaban J connectivity index is 2.29. The second kappa shape index (κ2) is 8.16. The molecule has 1 aromatic rings. The minimum Gasteiger partial charge on any atom is -0.383 e. The molecular formula is C14H21N3O3. The quantitative estimate of drug-likeness (QED) is 0.733. The van der Waals surface area contributed by atoms with Crippen LogP contribution in [0.3, 0.4) is 0 Å². The van der Waals surface area contributed by atoms with Gasteiger partial charge in [0.15, 0.2) is 0 Å². The number of anilines is 1. The zero-order chi connectivity index (χ0) is 15.0. The fourth-order valence-electron chi connectivity index (χ4n) is 1.59. The van der Waals surface area contributed by atoms with Gasteiger partial charge in [-0.2, -0.15) is 0 Å². The topological polar surface area (TPSA) is 79.5 Å². The van der Waals surface area contributed by atoms with E-state index in [0.29, 0.717) is 12.3 Å². The first kappa shape index (κ1) is 16.0. The van der Waals surface area contributed by atoms with Crippen molar-refractivity contribution < 1.29 is 14.3 Å². The van der Waals surface area contributed by atoms with Crippen molar-refractivity contribution in [3.63, 3.8) is 0 Å². The first-order valence-corrected chi connectivity index (χ1v) is 6.41. The third kappa shape index (κ3) is 6.19. The van der Waals surface area contributed by atoms with Gasteiger partial charge in [0.25, 0.3) is 0 Å². The van der Waals surface area contributed by atoms with Crippen molar-refractivity contribution in [1.82, 2.24) is 10.6 Å². The van der Waals surface area contributed by atoms with Crippen LogP contribution in [0.25, 0.3) is 0 Å². The lowest BCUT2D eigenvalue weighted by Gasteiger charge is -2.13. The van der Waals surface area contributed by atoms with E-state index in [9.17, 15) is 9.59 Å². The van der Waals surface area contributed by atoms with Gasteiger partial charge in [-0.3, -0.25) is 4.79 Å². The Morgan fingerprint density at radius 3 is 2.50 bits per heavy atom. The van der Waals surface area contributed by atoms with Gasteiger partial charge in [-0.25, -0.2) is 4.79 Å². The van der Waals surface area contributed by atoms with E-state index >= 15 is 0 Å². The molecule has 0 saturated carbocycles. The Labute approximate surface area is 118 Å². The van der Waals surface area contributed by atoms with E-state index in [1.54, 1.807) is 19.2 Å². The highest BCUT2D eigenvalue weighted by molar-refractivity contribution is 5.92. The molecule has 0 aliphatic carbocycles. The Hall–Kier alpha value is -2.08. The minimum absolute atomic E-state index is 0.0776. The highest BCUT2D eigenvalue weighted by Gasteiger charge is 2.08. The van der Waals surface area contributed by atoms with Crippen molar-refractivity contribution in [3.8, 4) is 0 Å². The number of methoxy groups -OCH3 is 1. The summed E-state index contributed by atoms with van der Waals surface area (Å²) < 4.78 is 4.90. The lowest BCUT2D eigenvalue weighted by molar-refractivity contribution is -0.121. The molecule has 1 atom stereocenters. The number of amides is 3. The molecule has 0 aliphatic heterocycles. The molecule has 110 valence electrons. The van der Waals surface area contributed by atoms with Crippen LogP contribution in [0, 0.1) is 6.92 Å². The SMILES string of the molecule is COCC(C)NC(=O)CNC(=O)Nc1ccc(C)cc1. The summed E-state index contributed by atoms with van der Waals surface area (Å²) in [7, 11) is 1.57. The molecule has 6 heteroatoms. The monoisotopic (exact) mass is 279 g/mol. The number of benzene rings is 1. The fourth-order valence-corrected chi connectivity index (χ4v) is 1.59. The molecule has 0 spiro atoms. The Kier molecular flexibility index (Phi) is 6.52. The van der Waals surface area contributed by atoms with Crippen LogP contribution in [0.15, 0.2) is 24.3 Å². The van der Waals surface area contributed by atoms with E-state index in [4.69, 9.17) is 4.74 Å². The first-order chi connectivity index (χ1) is 9.51. The average Bonchev–Trinajstić information content (AvgIpc) is 2.39. The molecule has 0 heterocycles. The third-order valence-electron chi connectivity index (χ3n) is 2.54. The average molecular weight is 279 g/mol. The zero-order valence-corrected chi connectivity index (χ0v) is 12.0. The number of hydrogen-bond donors (Lipinski definition) is 3. The lowest BCUT2D eigenvalue weighted by atomic mass is 10.2. The van der Waals surface area contributed by atoms with Gasteiger partial charge in [0, 0.05) is 18.8 Å². The minimum atomic E-state index is -0.414. The molecule has 6 nitrogen and oxygen atoms in total. The normalized spacial score (nSPS) is 11.6. The van der Waals surface area contributed by atoms with Crippen molar-refractivity contribution in [2.75, 3.05) is 25.6 Å². The van der Waals surface area contributed by atoms with Crippen molar-refractivity contribution >= 4 is 17.6 Å². The second-order valence-corrected chi connectivity index (χ2v) is 4.60. The van der Waals surface area contributed by atoms with Gasteiger partial charge in [0.05, 0.1) is 13.2 Å². The Morgan fingerprint density at radius 1 is 1.25 bits per heavy atom. The van der Waals surface area contributed by atoms with Gasteiger partial charge in [-0.05, 0) is 26.0 Å². The molecule has 1 unspecified atom stereocenters. The van der Waals surface area contributed by atoms with Crippen molar-refractivity contribution in [3.05, 3.63) is 29.8 Å². The molecule has 0 bridgehead atoms. The molecule has 3 amide bonds. The van der Waals surface area contributed by atoms with Gasteiger partial charge in [-0.15, -0.1) is 0 Å². The van der Waals surface area contributed by atoms with Crippen LogP contribution >= 0.6 is 0 Å². The molecule has 3 N–H and O–H groups in total. The highest BCUT2D eigenvalue weighted by atomic mass is 16.5. The Morgan fingerprint density at radius 2 is 1.90 bits per heavy atom. The van der Waals surface area contributed by atoms with Gasteiger partial charge in [-0.1, -0.05) is 17.7 Å². The fraction of sp³-hybridized carbons (Fsp3) is 0.429. The molecule has 0 saturated heterocycles. The second-order valence-electron chi connectivity index (χ2n) is 4.60. The van der Waals surface area contributed by atoms with Crippen molar-refractivity contribution in [1.29, 1.82) is 0 Å². The molecular weight excluding hydrogens is 258 g/mol. The number of carbonyl (C=O) groups excluding carboxylic acids is 2. The summed E-state index contributed by atoms with van der Waals surface area (Å²) in [5.74, 6) is -0.256. The highest BCUT2D eigenvalue weighted by Crippen LogP contribution is 2.07. The number of urea groups is 1. The van der Waals surface area contributed by atoms with E-state index < -0.39 is 6.03 Å². The van der Waals surface area contributed by atoms with Crippen LogP contribution in [-0.4, -0.2) is 38.2 Å². The number of hydrogen-bond acceptors (Lipinski definition) is 3. The summed E-state index contributed by atoms with van der Waals surface area (Å²) in [6.07, 6.45) is 0. The maximum Gasteiger partial charge on any atom is 0.319 e. The maximum atomic E-state index is 11.6. The van der Waals surface area contributed by atoms with E-state index in [0.717, 1.165) is 5.56 Å². The summed E-state index contributed by atoms with van der Waals surface area (Å²) in [6, 6.07) is 6.90. The summed E-state index contributed by atoms with van der Waals surface area (Å²) in [6.45, 7) is 4.15. The van der Waals surface area contributed by atoms with Crippen LogP contribution in [0.2, 0.25) is 0 Å². The largest absolute Gasteiger partial charge is 0.383 e. The molecule has 0 aromatic heterocycles. The van der Waals surface area contributed by atoms with E-state index in [2.05, 4.69) is 16.0 Å². The lowest BCUT2D eigenvalue weighted by Crippen LogP contribution is -2.43. The van der Waals surface area contributed by atoms with Gasteiger partial charge >= 0.3 is 6.03 Å². The van der Waals surface area contributed by atoms with Gasteiger partial charge < -0.3 is 20.7 Å². The van der Waals surface area contributed by atoms with Crippen molar-refractivity contribution in [2.45, 2.75) is 19.9 Å². The molecule has 0 radical (unpaired) electrons. The van der Waals surface area contributed by atoms with Gasteiger partial charge in [0.2, 0.25) is 5.91 Å². The van der Waals surface area contributed by atoms with Crippen LogP contribution in [0.5, 0.6) is 0 Å². The summed E-state index contributed by atoms with van der Waals surface area (Å²) in [5, 5.41) is 7.84. The zero-order valence-electron chi connectivity index (χ0n) is 12.0. The summed E-state index contributed by atoms with van der Waals surface area (Å²) in [5.41, 5.74) is 1.80. The molecule has 1 aromatic carbocycles. The van der Waals surface area contributed by atoms with Gasteiger partial charge in [0.1, 0.15) is 0 Å². The number of aryl methyl sites for hydroxylation is 1. The summed E-state index contributed by atoms with van der Waals surface area (Å²) in [4.78, 5) is 23.1. The Bertz CT molecular complexity index is 445. The molecule has 1 rings (SSSR count). The van der Waals surface area contributed by atoms with E-state index in [1.807, 2.05) is 26.0 Å². The number of carbonyl (C=O) groups is 2. The predicted octanol–water partition coefficient (Wildman–Crippen LogP) is 1.27. The number of ether oxygens (including phenoxy) is 1. The maximum absolute atomic E-state index is 11.6. The van der Waals surface area contributed by atoms with Crippen LogP contribution in [0.1, 0.15) is 12.5 Å². The molecule has 0 aliphatic rings. The smallest absolute Gasteiger partial charge is 0.319 e. The van der Waals surface area contributed by atoms with E-state index in [1.165, 1.54) is 0 Å².